The fourth-order valence-corrected chi connectivity index (χ4v) is 3.79. The standard InChI is InChI=1S/C18H16FN3OS2/c1-2-12-7-9-13(10-8-12)16(23)11-24-18-22-21-17(25-18)20-15-6-4-3-5-14(15)19/h3-10H,2,11H2,1H3,(H,20,21). The number of halogens is 1. The smallest absolute Gasteiger partial charge is 0.210 e. The van der Waals surface area contributed by atoms with Crippen LogP contribution in [0.1, 0.15) is 22.8 Å². The molecular weight excluding hydrogens is 357 g/mol. The molecule has 1 N–H and O–H groups in total. The van der Waals surface area contributed by atoms with Crippen LogP contribution in [0.5, 0.6) is 0 Å². The molecule has 0 radical (unpaired) electrons. The first-order chi connectivity index (χ1) is 12.2. The zero-order chi connectivity index (χ0) is 17.6. The average molecular weight is 373 g/mol. The minimum absolute atomic E-state index is 0.0477. The van der Waals surface area contributed by atoms with E-state index in [9.17, 15) is 9.18 Å². The lowest BCUT2D eigenvalue weighted by Crippen LogP contribution is -2.02. The number of carbonyl (C=O) groups excluding carboxylic acids is 1. The third kappa shape index (κ3) is 4.64. The van der Waals surface area contributed by atoms with Crippen LogP contribution in [-0.4, -0.2) is 21.7 Å². The molecule has 0 bridgehead atoms. The minimum atomic E-state index is -0.349. The van der Waals surface area contributed by atoms with Gasteiger partial charge in [-0.3, -0.25) is 4.79 Å². The molecule has 4 nitrogen and oxygen atoms in total. The number of rotatable bonds is 7. The number of nitrogens with one attached hydrogen (secondary N) is 1. The third-order valence-electron chi connectivity index (χ3n) is 3.53. The summed E-state index contributed by atoms with van der Waals surface area (Å²) in [6.45, 7) is 2.08. The Bertz CT molecular complexity index is 865. The predicted octanol–water partition coefficient (Wildman–Crippen LogP) is 4.96. The van der Waals surface area contributed by atoms with Crippen molar-refractivity contribution in [1.29, 1.82) is 0 Å². The number of aryl methyl sites for hydroxylation is 1. The Kier molecular flexibility index (Phi) is 5.78. The van der Waals surface area contributed by atoms with Crippen molar-refractivity contribution in [3.05, 3.63) is 65.5 Å². The van der Waals surface area contributed by atoms with Gasteiger partial charge in [-0.25, -0.2) is 4.39 Å². The molecule has 3 rings (SSSR count). The molecule has 2 aromatic carbocycles. The van der Waals surface area contributed by atoms with Crippen LogP contribution in [0.4, 0.5) is 15.2 Å². The summed E-state index contributed by atoms with van der Waals surface area (Å²) in [4.78, 5) is 12.2. The molecule has 0 aliphatic carbocycles. The van der Waals surface area contributed by atoms with E-state index in [2.05, 4.69) is 22.4 Å². The number of hydrogen-bond acceptors (Lipinski definition) is 6. The van der Waals surface area contributed by atoms with Crippen molar-refractivity contribution in [2.24, 2.45) is 0 Å². The van der Waals surface area contributed by atoms with E-state index in [0.717, 1.165) is 6.42 Å². The van der Waals surface area contributed by atoms with E-state index >= 15 is 0 Å². The van der Waals surface area contributed by atoms with Crippen LogP contribution in [0.15, 0.2) is 52.9 Å². The highest BCUT2D eigenvalue weighted by Crippen LogP contribution is 2.28. The van der Waals surface area contributed by atoms with Gasteiger partial charge in [0.15, 0.2) is 10.1 Å². The maximum atomic E-state index is 13.6. The molecule has 1 heterocycles. The number of hydrogen-bond donors (Lipinski definition) is 1. The Morgan fingerprint density at radius 3 is 2.64 bits per heavy atom. The molecule has 0 aliphatic rings. The summed E-state index contributed by atoms with van der Waals surface area (Å²) >= 11 is 2.62. The van der Waals surface area contributed by atoms with Crippen LogP contribution >= 0.6 is 23.1 Å². The van der Waals surface area contributed by atoms with Crippen LogP contribution < -0.4 is 5.32 Å². The van der Waals surface area contributed by atoms with Gasteiger partial charge in [-0.05, 0) is 24.1 Å². The third-order valence-corrected chi connectivity index (χ3v) is 5.50. The second-order valence-electron chi connectivity index (χ2n) is 5.24. The lowest BCUT2D eigenvalue weighted by molar-refractivity contribution is 0.102. The molecule has 0 atom stereocenters. The number of para-hydroxylation sites is 1. The molecule has 1 aromatic heterocycles. The molecule has 0 amide bonds. The zero-order valence-corrected chi connectivity index (χ0v) is 15.2. The van der Waals surface area contributed by atoms with E-state index in [1.54, 1.807) is 18.2 Å². The van der Waals surface area contributed by atoms with E-state index in [0.29, 0.717) is 26.5 Å². The zero-order valence-electron chi connectivity index (χ0n) is 13.5. The molecule has 25 heavy (non-hydrogen) atoms. The number of ketones is 1. The first-order valence-electron chi connectivity index (χ1n) is 7.75. The van der Waals surface area contributed by atoms with Crippen LogP contribution in [0.25, 0.3) is 0 Å². The molecular formula is C18H16FN3OS2. The second kappa shape index (κ2) is 8.22. The SMILES string of the molecule is CCc1ccc(C(=O)CSc2nnc(Nc3ccccc3F)s2)cc1. The van der Waals surface area contributed by atoms with Crippen molar-refractivity contribution >= 4 is 39.7 Å². The van der Waals surface area contributed by atoms with Crippen LogP contribution in [0.3, 0.4) is 0 Å². The number of anilines is 2. The maximum absolute atomic E-state index is 13.6. The maximum Gasteiger partial charge on any atom is 0.210 e. The summed E-state index contributed by atoms with van der Waals surface area (Å²) in [5.41, 5.74) is 2.25. The minimum Gasteiger partial charge on any atom is -0.328 e. The highest BCUT2D eigenvalue weighted by atomic mass is 32.2. The normalized spacial score (nSPS) is 10.6. The van der Waals surface area contributed by atoms with Gasteiger partial charge in [-0.2, -0.15) is 0 Å². The van der Waals surface area contributed by atoms with Crippen molar-refractivity contribution in [2.45, 2.75) is 17.7 Å². The molecule has 128 valence electrons. The van der Waals surface area contributed by atoms with Gasteiger partial charge in [0.05, 0.1) is 11.4 Å². The van der Waals surface area contributed by atoms with Gasteiger partial charge in [-0.1, -0.05) is 66.4 Å². The predicted molar refractivity (Wildman–Crippen MR) is 100 cm³/mol. The monoisotopic (exact) mass is 373 g/mol. The summed E-state index contributed by atoms with van der Waals surface area (Å²) in [5, 5.41) is 11.4. The Balaban J connectivity index is 1.58. The van der Waals surface area contributed by atoms with E-state index in [-0.39, 0.29) is 11.6 Å². The van der Waals surface area contributed by atoms with Crippen molar-refractivity contribution in [1.82, 2.24) is 10.2 Å². The largest absolute Gasteiger partial charge is 0.328 e. The number of thioether (sulfide) groups is 1. The number of nitrogens with zero attached hydrogens (tertiary/aromatic N) is 2. The van der Waals surface area contributed by atoms with E-state index in [4.69, 9.17) is 0 Å². The summed E-state index contributed by atoms with van der Waals surface area (Å²) in [6.07, 6.45) is 0.950. The van der Waals surface area contributed by atoms with Crippen LogP contribution in [0, 0.1) is 5.82 Å². The molecule has 0 aliphatic heterocycles. The van der Waals surface area contributed by atoms with Crippen molar-refractivity contribution in [3.63, 3.8) is 0 Å². The van der Waals surface area contributed by atoms with Crippen molar-refractivity contribution < 1.29 is 9.18 Å². The molecule has 0 fully saturated rings. The van der Waals surface area contributed by atoms with E-state index in [1.807, 2.05) is 24.3 Å². The average Bonchev–Trinajstić information content (AvgIpc) is 3.09. The fourth-order valence-electron chi connectivity index (χ4n) is 2.13. The van der Waals surface area contributed by atoms with Gasteiger partial charge in [0.25, 0.3) is 0 Å². The Hall–Kier alpha value is -2.25. The second-order valence-corrected chi connectivity index (χ2v) is 7.44. The summed E-state index contributed by atoms with van der Waals surface area (Å²) in [7, 11) is 0. The molecule has 3 aromatic rings. The Morgan fingerprint density at radius 2 is 1.92 bits per heavy atom. The molecule has 0 unspecified atom stereocenters. The molecule has 0 spiro atoms. The van der Waals surface area contributed by atoms with Gasteiger partial charge >= 0.3 is 0 Å². The molecule has 7 heteroatoms. The first-order valence-corrected chi connectivity index (χ1v) is 9.56. The van der Waals surface area contributed by atoms with Gasteiger partial charge in [-0.15, -0.1) is 10.2 Å². The Morgan fingerprint density at radius 1 is 1.16 bits per heavy atom. The number of carbonyl (C=O) groups is 1. The van der Waals surface area contributed by atoms with E-state index < -0.39 is 0 Å². The van der Waals surface area contributed by atoms with Crippen molar-refractivity contribution in [2.75, 3.05) is 11.1 Å². The number of benzene rings is 2. The Labute approximate surface area is 153 Å². The topological polar surface area (TPSA) is 54.9 Å². The van der Waals surface area contributed by atoms with Crippen LogP contribution in [-0.2, 0) is 6.42 Å². The number of aromatic nitrogens is 2. The highest BCUT2D eigenvalue weighted by Gasteiger charge is 2.11. The summed E-state index contributed by atoms with van der Waals surface area (Å²) < 4.78 is 14.3. The number of Topliss-reactive ketones (excluding diaryl/α,β-unsaturated/α-hetero) is 1. The van der Waals surface area contributed by atoms with Crippen LogP contribution in [0.2, 0.25) is 0 Å². The van der Waals surface area contributed by atoms with Gasteiger partial charge < -0.3 is 5.32 Å². The quantitative estimate of drug-likeness (QED) is 0.469. The highest BCUT2D eigenvalue weighted by molar-refractivity contribution is 8.01. The first kappa shape index (κ1) is 17.6. The lowest BCUT2D eigenvalue weighted by Gasteiger charge is -2.02. The fraction of sp³-hybridized carbons (Fsp3) is 0.167. The summed E-state index contributed by atoms with van der Waals surface area (Å²) in [6, 6.07) is 14.0. The van der Waals surface area contributed by atoms with Crippen molar-refractivity contribution in [3.8, 4) is 0 Å². The van der Waals surface area contributed by atoms with Gasteiger partial charge in [0.1, 0.15) is 5.82 Å². The lowest BCUT2D eigenvalue weighted by atomic mass is 10.1. The van der Waals surface area contributed by atoms with Gasteiger partial charge in [0, 0.05) is 5.56 Å². The molecule has 0 saturated heterocycles. The molecule has 0 saturated carbocycles. The summed E-state index contributed by atoms with van der Waals surface area (Å²) in [5.74, 6) is -0.0103. The van der Waals surface area contributed by atoms with E-state index in [1.165, 1.54) is 34.7 Å². The van der Waals surface area contributed by atoms with Gasteiger partial charge in [0.2, 0.25) is 5.13 Å².